The van der Waals surface area contributed by atoms with E-state index in [4.69, 9.17) is 10.2 Å². The Bertz CT molecular complexity index is 656. The fourth-order valence-corrected chi connectivity index (χ4v) is 2.14. The summed E-state index contributed by atoms with van der Waals surface area (Å²) in [4.78, 5) is 7.67. The summed E-state index contributed by atoms with van der Waals surface area (Å²) in [6.45, 7) is 2.50. The van der Waals surface area contributed by atoms with Gasteiger partial charge in [-0.2, -0.15) is 0 Å². The molecule has 0 aliphatic carbocycles. The van der Waals surface area contributed by atoms with Crippen LogP contribution in [0.2, 0.25) is 0 Å². The van der Waals surface area contributed by atoms with E-state index in [0.717, 1.165) is 28.4 Å². The van der Waals surface area contributed by atoms with Crippen LogP contribution < -0.4 is 5.73 Å². The minimum Gasteiger partial charge on any atom is -0.441 e. The highest BCUT2D eigenvalue weighted by Crippen LogP contribution is 2.28. The van der Waals surface area contributed by atoms with Gasteiger partial charge in [0.05, 0.1) is 0 Å². The van der Waals surface area contributed by atoms with E-state index in [2.05, 4.69) is 9.97 Å². The molecule has 0 radical (unpaired) electrons. The number of oxazole rings is 1. The number of rotatable bonds is 2. The quantitative estimate of drug-likeness (QED) is 0.736. The van der Waals surface area contributed by atoms with Gasteiger partial charge in [-0.25, -0.2) is 4.98 Å². The number of hydrogen-bond donors (Lipinski definition) is 2. The standard InChI is InChI=1S/C12H13N3O.ClH/c1-7-15-12-10(16-7)3-2-9-11(12)8(4-5-13)6-14-9;/h2-3,6,14H,4-5,13H2,1H3;1H. The molecule has 0 atom stereocenters. The van der Waals surface area contributed by atoms with Crippen LogP contribution >= 0.6 is 12.4 Å². The third-order valence-electron chi connectivity index (χ3n) is 2.80. The maximum atomic E-state index is 5.60. The van der Waals surface area contributed by atoms with Gasteiger partial charge >= 0.3 is 0 Å². The summed E-state index contributed by atoms with van der Waals surface area (Å²) in [6, 6.07) is 3.96. The highest BCUT2D eigenvalue weighted by Gasteiger charge is 2.11. The summed E-state index contributed by atoms with van der Waals surface area (Å²) in [6.07, 6.45) is 2.85. The number of H-pyrrole nitrogens is 1. The molecule has 0 fully saturated rings. The van der Waals surface area contributed by atoms with Crippen LogP contribution in [0.4, 0.5) is 0 Å². The van der Waals surface area contributed by atoms with Crippen molar-refractivity contribution in [1.29, 1.82) is 0 Å². The van der Waals surface area contributed by atoms with E-state index >= 15 is 0 Å². The SMILES string of the molecule is Cc1nc2c(ccc3[nH]cc(CCN)c32)o1.Cl. The number of halogens is 1. The molecular formula is C12H14ClN3O. The zero-order chi connectivity index (χ0) is 11.1. The second kappa shape index (κ2) is 4.39. The first-order valence-corrected chi connectivity index (χ1v) is 5.36. The lowest BCUT2D eigenvalue weighted by atomic mass is 10.1. The van der Waals surface area contributed by atoms with Crippen molar-refractivity contribution in [3.8, 4) is 0 Å². The molecule has 5 heteroatoms. The molecule has 90 valence electrons. The van der Waals surface area contributed by atoms with Gasteiger partial charge in [-0.1, -0.05) is 0 Å². The lowest BCUT2D eigenvalue weighted by molar-refractivity contribution is 0.561. The van der Waals surface area contributed by atoms with Crippen molar-refractivity contribution in [2.75, 3.05) is 6.54 Å². The number of aromatic nitrogens is 2. The molecule has 0 unspecified atom stereocenters. The molecule has 0 aliphatic rings. The van der Waals surface area contributed by atoms with E-state index in [1.165, 1.54) is 5.56 Å². The summed E-state index contributed by atoms with van der Waals surface area (Å²) in [7, 11) is 0. The predicted molar refractivity (Wildman–Crippen MR) is 70.6 cm³/mol. The number of aryl methyl sites for hydroxylation is 1. The number of nitrogens with one attached hydrogen (secondary N) is 1. The van der Waals surface area contributed by atoms with E-state index in [9.17, 15) is 0 Å². The molecule has 17 heavy (non-hydrogen) atoms. The summed E-state index contributed by atoms with van der Waals surface area (Å²) in [5, 5.41) is 1.14. The van der Waals surface area contributed by atoms with Gasteiger partial charge in [-0.15, -0.1) is 12.4 Å². The Balaban J connectivity index is 0.00000108. The second-order valence-corrected chi connectivity index (χ2v) is 3.92. The molecule has 2 aromatic heterocycles. The fraction of sp³-hybridized carbons (Fsp3) is 0.250. The topological polar surface area (TPSA) is 67.8 Å². The second-order valence-electron chi connectivity index (χ2n) is 3.92. The number of nitrogens with zero attached hydrogens (tertiary/aromatic N) is 1. The molecule has 3 N–H and O–H groups in total. The van der Waals surface area contributed by atoms with Gasteiger partial charge in [0.1, 0.15) is 5.52 Å². The molecule has 2 heterocycles. The number of fused-ring (bicyclic) bond motifs is 3. The number of hydrogen-bond acceptors (Lipinski definition) is 3. The van der Waals surface area contributed by atoms with E-state index in [1.54, 1.807) is 0 Å². The maximum absolute atomic E-state index is 5.60. The lowest BCUT2D eigenvalue weighted by Crippen LogP contribution is -2.01. The zero-order valence-corrected chi connectivity index (χ0v) is 10.3. The van der Waals surface area contributed by atoms with Gasteiger partial charge in [-0.3, -0.25) is 0 Å². The Morgan fingerprint density at radius 2 is 2.24 bits per heavy atom. The van der Waals surface area contributed by atoms with Crippen molar-refractivity contribution in [1.82, 2.24) is 9.97 Å². The average Bonchev–Trinajstić information content (AvgIpc) is 2.81. The first kappa shape index (κ1) is 12.0. The molecular weight excluding hydrogens is 238 g/mol. The Morgan fingerprint density at radius 1 is 1.41 bits per heavy atom. The molecule has 3 rings (SSSR count). The summed E-state index contributed by atoms with van der Waals surface area (Å²) < 4.78 is 5.52. The Labute approximate surface area is 105 Å². The van der Waals surface area contributed by atoms with Crippen molar-refractivity contribution in [2.24, 2.45) is 5.73 Å². The molecule has 4 nitrogen and oxygen atoms in total. The Morgan fingerprint density at radius 3 is 3.00 bits per heavy atom. The van der Waals surface area contributed by atoms with Crippen LogP contribution in [0.15, 0.2) is 22.7 Å². The first-order valence-electron chi connectivity index (χ1n) is 5.36. The maximum Gasteiger partial charge on any atom is 0.192 e. The van der Waals surface area contributed by atoms with Crippen LogP contribution in [0.3, 0.4) is 0 Å². The molecule has 1 aromatic carbocycles. The number of aromatic amines is 1. The van der Waals surface area contributed by atoms with Crippen molar-refractivity contribution in [3.05, 3.63) is 29.8 Å². The smallest absolute Gasteiger partial charge is 0.192 e. The molecule has 0 amide bonds. The Kier molecular flexibility index (Phi) is 3.09. The first-order chi connectivity index (χ1) is 7.79. The van der Waals surface area contributed by atoms with E-state index in [1.807, 2.05) is 25.3 Å². The number of benzene rings is 1. The zero-order valence-electron chi connectivity index (χ0n) is 9.49. The van der Waals surface area contributed by atoms with E-state index in [0.29, 0.717) is 12.4 Å². The van der Waals surface area contributed by atoms with Crippen molar-refractivity contribution >= 4 is 34.4 Å². The molecule has 0 saturated carbocycles. The van der Waals surface area contributed by atoms with Crippen molar-refractivity contribution < 1.29 is 4.42 Å². The number of nitrogens with two attached hydrogens (primary N) is 1. The minimum absolute atomic E-state index is 0. The van der Waals surface area contributed by atoms with Crippen LogP contribution in [0, 0.1) is 6.92 Å². The van der Waals surface area contributed by atoms with Gasteiger partial charge in [-0.05, 0) is 30.7 Å². The molecule has 0 bridgehead atoms. The van der Waals surface area contributed by atoms with Crippen LogP contribution in [-0.2, 0) is 6.42 Å². The lowest BCUT2D eigenvalue weighted by Gasteiger charge is -1.96. The molecule has 0 spiro atoms. The van der Waals surface area contributed by atoms with Gasteiger partial charge < -0.3 is 15.1 Å². The van der Waals surface area contributed by atoms with Crippen LogP contribution in [0.5, 0.6) is 0 Å². The van der Waals surface area contributed by atoms with Crippen LogP contribution in [-0.4, -0.2) is 16.5 Å². The predicted octanol–water partition coefficient (Wildman–Crippen LogP) is 2.54. The fourth-order valence-electron chi connectivity index (χ4n) is 2.14. The van der Waals surface area contributed by atoms with E-state index < -0.39 is 0 Å². The molecule has 3 aromatic rings. The highest BCUT2D eigenvalue weighted by atomic mass is 35.5. The van der Waals surface area contributed by atoms with Crippen molar-refractivity contribution in [3.63, 3.8) is 0 Å². The van der Waals surface area contributed by atoms with Gasteiger partial charge in [0, 0.05) is 24.0 Å². The van der Waals surface area contributed by atoms with Crippen molar-refractivity contribution in [2.45, 2.75) is 13.3 Å². The Hall–Kier alpha value is -1.52. The third kappa shape index (κ3) is 1.79. The summed E-state index contributed by atoms with van der Waals surface area (Å²) in [5.41, 5.74) is 9.66. The monoisotopic (exact) mass is 251 g/mol. The summed E-state index contributed by atoms with van der Waals surface area (Å²) >= 11 is 0. The minimum atomic E-state index is 0. The van der Waals surface area contributed by atoms with E-state index in [-0.39, 0.29) is 12.4 Å². The van der Waals surface area contributed by atoms with Crippen LogP contribution in [0.25, 0.3) is 22.0 Å². The molecule has 0 aliphatic heterocycles. The van der Waals surface area contributed by atoms with Gasteiger partial charge in [0.15, 0.2) is 11.5 Å². The highest BCUT2D eigenvalue weighted by molar-refractivity contribution is 6.04. The normalized spacial score (nSPS) is 10.9. The molecule has 0 saturated heterocycles. The summed E-state index contributed by atoms with van der Waals surface area (Å²) in [5.74, 6) is 0.697. The average molecular weight is 252 g/mol. The van der Waals surface area contributed by atoms with Gasteiger partial charge in [0.25, 0.3) is 0 Å². The van der Waals surface area contributed by atoms with Gasteiger partial charge in [0.2, 0.25) is 0 Å². The van der Waals surface area contributed by atoms with Crippen LogP contribution in [0.1, 0.15) is 11.5 Å². The third-order valence-corrected chi connectivity index (χ3v) is 2.80. The largest absolute Gasteiger partial charge is 0.441 e.